The molecule has 1 aliphatic rings. The van der Waals surface area contributed by atoms with Crippen LogP contribution in [0.5, 0.6) is 5.75 Å². The zero-order chi connectivity index (χ0) is 21.1. The van der Waals surface area contributed by atoms with E-state index in [1.165, 1.54) is 19.2 Å². The van der Waals surface area contributed by atoms with Gasteiger partial charge in [-0.15, -0.1) is 0 Å². The molecule has 1 atom stereocenters. The van der Waals surface area contributed by atoms with Gasteiger partial charge in [0.25, 0.3) is 0 Å². The van der Waals surface area contributed by atoms with Crippen LogP contribution in [0, 0.1) is 0 Å². The summed E-state index contributed by atoms with van der Waals surface area (Å²) in [6.07, 6.45) is 2.30. The third-order valence-corrected chi connectivity index (χ3v) is 7.46. The minimum absolute atomic E-state index is 0.169. The van der Waals surface area contributed by atoms with Crippen LogP contribution in [0.3, 0.4) is 0 Å². The smallest absolute Gasteiger partial charge is 0.243 e. The molecule has 0 bridgehead atoms. The van der Waals surface area contributed by atoms with Crippen LogP contribution >= 0.6 is 0 Å². The molecule has 0 aromatic heterocycles. The number of nitrogens with one attached hydrogen (secondary N) is 1. The Bertz CT molecular complexity index is 956. The number of amides is 1. The van der Waals surface area contributed by atoms with Crippen LogP contribution in [0.1, 0.15) is 44.7 Å². The van der Waals surface area contributed by atoms with E-state index in [1.807, 2.05) is 24.3 Å². The number of benzene rings is 2. The Balaban J connectivity index is 1.76. The summed E-state index contributed by atoms with van der Waals surface area (Å²) in [6, 6.07) is 15.6. The van der Waals surface area contributed by atoms with Gasteiger partial charge in [-0.25, -0.2) is 8.42 Å². The van der Waals surface area contributed by atoms with Gasteiger partial charge in [-0.3, -0.25) is 4.79 Å². The van der Waals surface area contributed by atoms with E-state index in [0.29, 0.717) is 6.42 Å². The second kappa shape index (κ2) is 8.55. The molecule has 29 heavy (non-hydrogen) atoms. The maximum absolute atomic E-state index is 12.7. The van der Waals surface area contributed by atoms with Crippen molar-refractivity contribution >= 4 is 15.9 Å². The number of sulfonamides is 1. The number of hydrogen-bond acceptors (Lipinski definition) is 4. The van der Waals surface area contributed by atoms with Gasteiger partial charge in [0, 0.05) is 19.0 Å². The zero-order valence-corrected chi connectivity index (χ0v) is 17.9. The monoisotopic (exact) mass is 416 g/mol. The highest BCUT2D eigenvalue weighted by molar-refractivity contribution is 7.89. The molecule has 0 fully saturated rings. The van der Waals surface area contributed by atoms with Crippen LogP contribution in [-0.4, -0.2) is 37.8 Å². The number of carbonyl (C=O) groups is 1. The number of hydrogen-bond donors (Lipinski definition) is 1. The highest BCUT2D eigenvalue weighted by Gasteiger charge is 2.39. The van der Waals surface area contributed by atoms with E-state index in [0.717, 1.165) is 28.5 Å². The highest BCUT2D eigenvalue weighted by Crippen LogP contribution is 2.42. The average molecular weight is 417 g/mol. The Morgan fingerprint density at radius 2 is 1.72 bits per heavy atom. The first-order chi connectivity index (χ1) is 13.8. The fraction of sp³-hybridized carbons (Fsp3) is 0.409. The van der Waals surface area contributed by atoms with Crippen LogP contribution in [0.2, 0.25) is 0 Å². The standard InChI is InChI=1S/C22H28N2O4S/c1-4-22(5-2)15-19(18-13-9-10-14-20(18)28-22)23-21(25)16-24(3)29(26,27)17-11-7-6-8-12-17/h6-14,19H,4-5,15-16H2,1-3H3,(H,23,25)/t19-/m0/s1. The maximum Gasteiger partial charge on any atom is 0.243 e. The van der Waals surface area contributed by atoms with Crippen molar-refractivity contribution in [1.82, 2.24) is 9.62 Å². The summed E-state index contributed by atoms with van der Waals surface area (Å²) in [5.41, 5.74) is 0.584. The second-order valence-corrected chi connectivity index (χ2v) is 9.47. The molecule has 3 rings (SSSR count). The molecule has 1 amide bonds. The first kappa shape index (κ1) is 21.3. The molecule has 0 saturated carbocycles. The number of fused-ring (bicyclic) bond motifs is 1. The molecule has 0 aliphatic carbocycles. The van der Waals surface area contributed by atoms with Gasteiger partial charge in [-0.05, 0) is 31.0 Å². The van der Waals surface area contributed by atoms with Crippen molar-refractivity contribution in [3.63, 3.8) is 0 Å². The van der Waals surface area contributed by atoms with Gasteiger partial charge in [-0.2, -0.15) is 4.31 Å². The van der Waals surface area contributed by atoms with Gasteiger partial charge >= 0.3 is 0 Å². The van der Waals surface area contributed by atoms with E-state index in [4.69, 9.17) is 4.74 Å². The van der Waals surface area contributed by atoms with Crippen molar-refractivity contribution in [3.05, 3.63) is 60.2 Å². The first-order valence-corrected chi connectivity index (χ1v) is 11.3. The highest BCUT2D eigenvalue weighted by atomic mass is 32.2. The Morgan fingerprint density at radius 1 is 1.10 bits per heavy atom. The van der Waals surface area contributed by atoms with Crippen molar-refractivity contribution < 1.29 is 17.9 Å². The maximum atomic E-state index is 12.7. The summed E-state index contributed by atoms with van der Waals surface area (Å²) in [4.78, 5) is 12.9. The first-order valence-electron chi connectivity index (χ1n) is 9.90. The Labute approximate surface area is 172 Å². The molecule has 1 aliphatic heterocycles. The normalized spacial score (nSPS) is 18.0. The molecular formula is C22H28N2O4S. The third-order valence-electron chi connectivity index (χ3n) is 5.64. The number of likely N-dealkylation sites (N-methyl/N-ethyl adjacent to an activating group) is 1. The summed E-state index contributed by atoms with van der Waals surface area (Å²) in [5, 5.41) is 3.03. The number of ether oxygens (including phenoxy) is 1. The molecule has 0 unspecified atom stereocenters. The molecule has 7 heteroatoms. The molecule has 1 heterocycles. The number of rotatable bonds is 7. The summed E-state index contributed by atoms with van der Waals surface area (Å²) in [6.45, 7) is 3.91. The molecule has 0 radical (unpaired) electrons. The van der Waals surface area contributed by atoms with Crippen LogP contribution in [0.4, 0.5) is 0 Å². The SMILES string of the molecule is CCC1(CC)C[C@H](NC(=O)CN(C)S(=O)(=O)c2ccccc2)c2ccccc2O1. The number of carbonyl (C=O) groups excluding carboxylic acids is 1. The number of nitrogens with zero attached hydrogens (tertiary/aromatic N) is 1. The minimum atomic E-state index is -3.72. The molecule has 0 saturated heterocycles. The molecule has 2 aromatic rings. The van der Waals surface area contributed by atoms with Crippen molar-refractivity contribution in [3.8, 4) is 5.75 Å². The van der Waals surface area contributed by atoms with Gasteiger partial charge in [-0.1, -0.05) is 50.2 Å². The quantitative estimate of drug-likeness (QED) is 0.749. The van der Waals surface area contributed by atoms with Gasteiger partial charge in [0.15, 0.2) is 0 Å². The molecule has 1 N–H and O–H groups in total. The lowest BCUT2D eigenvalue weighted by Gasteiger charge is -2.41. The Hall–Kier alpha value is -2.38. The van der Waals surface area contributed by atoms with Crippen LogP contribution < -0.4 is 10.1 Å². The summed E-state index contributed by atoms with van der Waals surface area (Å²) in [7, 11) is -2.30. The number of para-hydroxylation sites is 1. The molecule has 6 nitrogen and oxygen atoms in total. The molecule has 2 aromatic carbocycles. The van der Waals surface area contributed by atoms with Gasteiger partial charge in [0.2, 0.25) is 15.9 Å². The predicted octanol–water partition coefficient (Wildman–Crippen LogP) is 3.51. The van der Waals surface area contributed by atoms with Gasteiger partial charge in [0.1, 0.15) is 11.4 Å². The fourth-order valence-corrected chi connectivity index (χ4v) is 4.88. The van der Waals surface area contributed by atoms with E-state index in [2.05, 4.69) is 19.2 Å². The Kier molecular flexibility index (Phi) is 6.29. The minimum Gasteiger partial charge on any atom is -0.487 e. The van der Waals surface area contributed by atoms with Crippen LogP contribution in [0.25, 0.3) is 0 Å². The molecule has 156 valence electrons. The lowest BCUT2D eigenvalue weighted by molar-refractivity contribution is -0.122. The predicted molar refractivity (Wildman–Crippen MR) is 112 cm³/mol. The average Bonchev–Trinajstić information content (AvgIpc) is 2.74. The summed E-state index contributed by atoms with van der Waals surface area (Å²) >= 11 is 0. The zero-order valence-electron chi connectivity index (χ0n) is 17.1. The van der Waals surface area contributed by atoms with Crippen molar-refractivity contribution in [2.45, 2.75) is 49.6 Å². The van der Waals surface area contributed by atoms with E-state index in [-0.39, 0.29) is 29.0 Å². The molecule has 0 spiro atoms. The summed E-state index contributed by atoms with van der Waals surface area (Å²) < 4.78 is 32.7. The van der Waals surface area contributed by atoms with Crippen molar-refractivity contribution in [2.75, 3.05) is 13.6 Å². The van der Waals surface area contributed by atoms with E-state index >= 15 is 0 Å². The lowest BCUT2D eigenvalue weighted by atomic mass is 9.83. The van der Waals surface area contributed by atoms with E-state index in [1.54, 1.807) is 18.2 Å². The van der Waals surface area contributed by atoms with E-state index < -0.39 is 10.0 Å². The third kappa shape index (κ3) is 4.46. The fourth-order valence-electron chi connectivity index (χ4n) is 3.73. The largest absolute Gasteiger partial charge is 0.487 e. The second-order valence-electron chi connectivity index (χ2n) is 7.43. The summed E-state index contributed by atoms with van der Waals surface area (Å²) in [5.74, 6) is 0.438. The molecular weight excluding hydrogens is 388 g/mol. The lowest BCUT2D eigenvalue weighted by Crippen LogP contribution is -2.46. The van der Waals surface area contributed by atoms with E-state index in [9.17, 15) is 13.2 Å². The Morgan fingerprint density at radius 3 is 2.38 bits per heavy atom. The van der Waals surface area contributed by atoms with Crippen LogP contribution in [0.15, 0.2) is 59.5 Å². The van der Waals surface area contributed by atoms with Gasteiger partial charge in [0.05, 0.1) is 17.5 Å². The van der Waals surface area contributed by atoms with Crippen LogP contribution in [-0.2, 0) is 14.8 Å². The van der Waals surface area contributed by atoms with Crippen molar-refractivity contribution in [2.24, 2.45) is 0 Å². The van der Waals surface area contributed by atoms with Crippen molar-refractivity contribution in [1.29, 1.82) is 0 Å². The van der Waals surface area contributed by atoms with Gasteiger partial charge < -0.3 is 10.1 Å². The topological polar surface area (TPSA) is 75.7 Å².